The molecule has 8 atom stereocenters. The fraction of sp³-hybridized carbons (Fsp3) is 0.607. The molecule has 0 amide bonds. The van der Waals surface area contributed by atoms with E-state index in [4.69, 9.17) is 16.3 Å². The van der Waals surface area contributed by atoms with Crippen LogP contribution in [-0.4, -0.2) is 68.5 Å². The molecule has 2 spiro atoms. The minimum Gasteiger partial charge on any atom is -0.388 e. The first-order valence-electron chi connectivity index (χ1n) is 12.6. The molecule has 2 saturated carbocycles. The first-order valence-corrected chi connectivity index (χ1v) is 13.0. The highest BCUT2D eigenvalue weighted by atomic mass is 35.5. The number of allylic oxidation sites excluding steroid dienone is 3. The molecule has 1 aromatic rings. The Labute approximate surface area is 207 Å². The van der Waals surface area contributed by atoms with Gasteiger partial charge in [0.25, 0.3) is 0 Å². The van der Waals surface area contributed by atoms with Crippen molar-refractivity contribution >= 4 is 17.7 Å². The van der Waals surface area contributed by atoms with E-state index in [9.17, 15) is 10.2 Å². The largest absolute Gasteiger partial charge is 0.388 e. The third-order valence-corrected chi connectivity index (χ3v) is 10.5. The van der Waals surface area contributed by atoms with Gasteiger partial charge in [-0.25, -0.2) is 0 Å². The molecule has 2 N–H and O–H groups in total. The fourth-order valence-electron chi connectivity index (χ4n) is 7.93. The van der Waals surface area contributed by atoms with Crippen LogP contribution >= 0.6 is 11.6 Å². The van der Waals surface area contributed by atoms with Crippen LogP contribution in [-0.2, 0) is 4.74 Å². The summed E-state index contributed by atoms with van der Waals surface area (Å²) in [5.41, 5.74) is 2.25. The number of aliphatic hydroxyl groups is 2. The molecule has 3 aliphatic carbocycles. The lowest BCUT2D eigenvalue weighted by atomic mass is 9.54. The SMILES string of the molecule is CN(C)[C@H]1C[C@@]23CC[C@]4(O2)C2CC=C(/C=C/c5cccnc5)[C@@]2(C)CCC4(Cl)C=C3[C@@H](O)[C@@H]1O. The molecule has 6 rings (SSSR count). The zero-order valence-corrected chi connectivity index (χ0v) is 21.0. The van der Waals surface area contributed by atoms with Crippen LogP contribution < -0.4 is 0 Å². The second-order valence-corrected chi connectivity index (χ2v) is 12.3. The molecule has 34 heavy (non-hydrogen) atoms. The van der Waals surface area contributed by atoms with Crippen molar-refractivity contribution < 1.29 is 14.9 Å². The minimum atomic E-state index is -0.944. The summed E-state index contributed by atoms with van der Waals surface area (Å²) in [7, 11) is 3.93. The molecule has 5 aliphatic rings. The van der Waals surface area contributed by atoms with Crippen LogP contribution in [0.4, 0.5) is 0 Å². The van der Waals surface area contributed by atoms with E-state index in [1.54, 1.807) is 6.20 Å². The third-order valence-electron chi connectivity index (χ3n) is 9.84. The van der Waals surface area contributed by atoms with Gasteiger partial charge in [0.2, 0.25) is 0 Å². The second kappa shape index (κ2) is 7.50. The first kappa shape index (κ1) is 22.9. The predicted molar refractivity (Wildman–Crippen MR) is 133 cm³/mol. The van der Waals surface area contributed by atoms with Crippen molar-refractivity contribution in [1.29, 1.82) is 0 Å². The molecule has 3 fully saturated rings. The van der Waals surface area contributed by atoms with Crippen LogP contribution in [0, 0.1) is 11.3 Å². The quantitative estimate of drug-likeness (QED) is 0.501. The number of ether oxygens (including phenoxy) is 1. The minimum absolute atomic E-state index is 0.0122. The van der Waals surface area contributed by atoms with E-state index in [1.165, 1.54) is 5.57 Å². The number of likely N-dealkylation sites (N-methyl/N-ethyl adjacent to an activating group) is 1. The number of fused-ring (bicyclic) bond motifs is 1. The monoisotopic (exact) mass is 482 g/mol. The molecule has 2 unspecified atom stereocenters. The van der Waals surface area contributed by atoms with Crippen LogP contribution in [0.15, 0.2) is 53.9 Å². The van der Waals surface area contributed by atoms with E-state index < -0.39 is 28.3 Å². The van der Waals surface area contributed by atoms with Gasteiger partial charge in [-0.15, -0.1) is 11.6 Å². The highest BCUT2D eigenvalue weighted by Crippen LogP contribution is 2.71. The summed E-state index contributed by atoms with van der Waals surface area (Å²) in [6.07, 6.45) is 15.9. The van der Waals surface area contributed by atoms with Gasteiger partial charge in [0, 0.05) is 24.4 Å². The standard InChI is InChI=1S/C28H35ClN2O3/c1-25-10-12-27(29)15-20-23(32)24(33)21(31(2)3)16-26(20)11-13-28(27,34-26)22(25)9-8-19(25)7-6-18-5-4-14-30-17-18/h4-8,14-15,17,21-24,32-33H,9-13,16H2,1-3H3/b7-6+/t21-,22?,23+,24+,25+,26+,27?,28-/m0/s1. The van der Waals surface area contributed by atoms with Crippen LogP contribution in [0.2, 0.25) is 0 Å². The van der Waals surface area contributed by atoms with Crippen molar-refractivity contribution in [1.82, 2.24) is 9.88 Å². The zero-order valence-electron chi connectivity index (χ0n) is 20.2. The molecule has 2 bridgehead atoms. The summed E-state index contributed by atoms with van der Waals surface area (Å²) < 4.78 is 7.21. The van der Waals surface area contributed by atoms with Crippen LogP contribution in [0.5, 0.6) is 0 Å². The summed E-state index contributed by atoms with van der Waals surface area (Å²) in [5, 5.41) is 22.0. The van der Waals surface area contributed by atoms with E-state index in [-0.39, 0.29) is 17.4 Å². The number of hydrogen-bond donors (Lipinski definition) is 2. The molecular formula is C28H35ClN2O3. The molecule has 1 aromatic heterocycles. The van der Waals surface area contributed by atoms with E-state index in [0.717, 1.165) is 43.2 Å². The highest BCUT2D eigenvalue weighted by Gasteiger charge is 2.73. The van der Waals surface area contributed by atoms with E-state index in [2.05, 4.69) is 42.3 Å². The van der Waals surface area contributed by atoms with Gasteiger partial charge in [0.05, 0.1) is 22.2 Å². The Bertz CT molecular complexity index is 1090. The van der Waals surface area contributed by atoms with Crippen molar-refractivity contribution in [3.8, 4) is 0 Å². The number of alkyl halides is 1. The van der Waals surface area contributed by atoms with Gasteiger partial charge in [-0.1, -0.05) is 37.3 Å². The maximum absolute atomic E-state index is 11.2. The molecular weight excluding hydrogens is 448 g/mol. The van der Waals surface area contributed by atoms with Crippen LogP contribution in [0.3, 0.4) is 0 Å². The van der Waals surface area contributed by atoms with Crippen LogP contribution in [0.1, 0.15) is 51.0 Å². The van der Waals surface area contributed by atoms with Crippen LogP contribution in [0.25, 0.3) is 6.08 Å². The lowest BCUT2D eigenvalue weighted by molar-refractivity contribution is -0.201. The average Bonchev–Trinajstić information content (AvgIpc) is 3.34. The molecule has 6 heteroatoms. The van der Waals surface area contributed by atoms with Gasteiger partial charge in [0.1, 0.15) is 6.10 Å². The summed E-state index contributed by atoms with van der Waals surface area (Å²) in [6, 6.07) is 3.88. The third kappa shape index (κ3) is 2.91. The molecule has 3 heterocycles. The highest BCUT2D eigenvalue weighted by molar-refractivity contribution is 6.26. The predicted octanol–water partition coefficient (Wildman–Crippen LogP) is 4.10. The molecule has 182 valence electrons. The number of aromatic nitrogens is 1. The van der Waals surface area contributed by atoms with Crippen molar-refractivity contribution in [3.05, 3.63) is 59.5 Å². The summed E-state index contributed by atoms with van der Waals surface area (Å²) in [5.74, 6) is 0.277. The molecule has 0 aromatic carbocycles. The number of pyridine rings is 1. The Morgan fingerprint density at radius 2 is 2.00 bits per heavy atom. The summed E-state index contributed by atoms with van der Waals surface area (Å²) in [6.45, 7) is 2.38. The molecule has 2 aliphatic heterocycles. The van der Waals surface area contributed by atoms with Crippen molar-refractivity contribution in [3.63, 3.8) is 0 Å². The van der Waals surface area contributed by atoms with Gasteiger partial charge in [-0.3, -0.25) is 4.98 Å². The first-order chi connectivity index (χ1) is 16.1. The number of halogens is 1. The summed E-state index contributed by atoms with van der Waals surface area (Å²) in [4.78, 5) is 5.59. The van der Waals surface area contributed by atoms with Gasteiger partial charge >= 0.3 is 0 Å². The van der Waals surface area contributed by atoms with Gasteiger partial charge in [-0.2, -0.15) is 0 Å². The van der Waals surface area contributed by atoms with Crippen molar-refractivity contribution in [2.75, 3.05) is 14.1 Å². The number of nitrogens with zero attached hydrogens (tertiary/aromatic N) is 2. The Kier molecular flexibility index (Phi) is 5.06. The van der Waals surface area contributed by atoms with Crippen molar-refractivity contribution in [2.45, 2.75) is 79.8 Å². The Morgan fingerprint density at radius 3 is 2.74 bits per heavy atom. The lowest BCUT2D eigenvalue weighted by Gasteiger charge is -2.61. The maximum Gasteiger partial charge on any atom is 0.105 e. The van der Waals surface area contributed by atoms with Gasteiger partial charge in [0.15, 0.2) is 0 Å². The van der Waals surface area contributed by atoms with Crippen molar-refractivity contribution in [2.24, 2.45) is 11.3 Å². The number of rotatable bonds is 3. The Balaban J connectivity index is 1.37. The average molecular weight is 483 g/mol. The van der Waals surface area contributed by atoms with E-state index in [0.29, 0.717) is 6.42 Å². The van der Waals surface area contributed by atoms with Gasteiger partial charge < -0.3 is 19.8 Å². The molecule has 5 nitrogen and oxygen atoms in total. The molecule has 1 saturated heterocycles. The topological polar surface area (TPSA) is 65.8 Å². The van der Waals surface area contributed by atoms with Gasteiger partial charge in [-0.05, 0) is 80.8 Å². The van der Waals surface area contributed by atoms with E-state index >= 15 is 0 Å². The fourth-order valence-corrected chi connectivity index (χ4v) is 8.41. The smallest absolute Gasteiger partial charge is 0.105 e. The Hall–Kier alpha value is -1.50. The second-order valence-electron chi connectivity index (χ2n) is 11.6. The zero-order chi connectivity index (χ0) is 23.9. The number of aliphatic hydroxyl groups excluding tert-OH is 2. The number of hydrogen-bond acceptors (Lipinski definition) is 5. The lowest BCUT2D eigenvalue weighted by Crippen LogP contribution is -2.68. The molecule has 0 radical (unpaired) electrons. The maximum atomic E-state index is 11.2. The Morgan fingerprint density at radius 1 is 1.18 bits per heavy atom. The van der Waals surface area contributed by atoms with E-state index in [1.807, 2.05) is 31.3 Å². The normalized spacial score (nSPS) is 47.3. The summed E-state index contributed by atoms with van der Waals surface area (Å²) >= 11 is 7.48.